The van der Waals surface area contributed by atoms with Crippen molar-refractivity contribution in [2.45, 2.75) is 47.9 Å². The Bertz CT molecular complexity index is 1020. The summed E-state index contributed by atoms with van der Waals surface area (Å²) < 4.78 is 107. The number of rotatable bonds is 3. The van der Waals surface area contributed by atoms with Crippen molar-refractivity contribution >= 4 is 9.84 Å². The van der Waals surface area contributed by atoms with Gasteiger partial charge in [-0.05, 0) is 49.6 Å². The molecular weight excluding hydrogens is 436 g/mol. The van der Waals surface area contributed by atoms with Crippen LogP contribution in [0.1, 0.15) is 42.7 Å². The maximum absolute atomic E-state index is 13.2. The smallest absolute Gasteiger partial charge is 0.373 e. The topological polar surface area (TPSA) is 56.3 Å². The van der Waals surface area contributed by atoms with E-state index < -0.39 is 49.2 Å². The number of alkyl halides is 6. The average molecular weight is 453 g/mol. The maximum Gasteiger partial charge on any atom is 0.433 e. The molecule has 0 radical (unpaired) electrons. The van der Waals surface area contributed by atoms with Gasteiger partial charge >= 0.3 is 12.4 Å². The van der Waals surface area contributed by atoms with E-state index in [4.69, 9.17) is 4.74 Å². The lowest BCUT2D eigenvalue weighted by molar-refractivity contribution is -0.141. The molecule has 0 amide bonds. The number of hydrogen-bond donors (Lipinski definition) is 0. The van der Waals surface area contributed by atoms with Gasteiger partial charge in [0, 0.05) is 12.8 Å². The summed E-state index contributed by atoms with van der Waals surface area (Å²) in [6, 6.07) is 5.41. The summed E-state index contributed by atoms with van der Waals surface area (Å²) in [7, 11) is -4.20. The Balaban J connectivity index is 1.90. The Morgan fingerprint density at radius 1 is 1.07 bits per heavy atom. The van der Waals surface area contributed by atoms with Crippen molar-refractivity contribution in [1.29, 1.82) is 0 Å². The van der Waals surface area contributed by atoms with Gasteiger partial charge in [-0.3, -0.25) is 4.98 Å². The maximum atomic E-state index is 13.2. The van der Waals surface area contributed by atoms with E-state index in [0.29, 0.717) is 6.07 Å². The second-order valence-electron chi connectivity index (χ2n) is 7.27. The highest BCUT2D eigenvalue weighted by Gasteiger charge is 2.46. The van der Waals surface area contributed by atoms with Crippen LogP contribution in [0.3, 0.4) is 0 Å². The molecule has 3 rings (SSSR count). The fourth-order valence-corrected chi connectivity index (χ4v) is 5.15. The molecule has 1 saturated heterocycles. The van der Waals surface area contributed by atoms with Crippen molar-refractivity contribution in [3.8, 4) is 0 Å². The summed E-state index contributed by atoms with van der Waals surface area (Å²) in [5.41, 5.74) is -1.92. The minimum absolute atomic E-state index is 0.0240. The molecule has 0 spiro atoms. The number of hydrogen-bond acceptors (Lipinski definition) is 4. The Kier molecular flexibility index (Phi) is 5.65. The first-order valence-corrected chi connectivity index (χ1v) is 10.3. The molecule has 2 atom stereocenters. The lowest BCUT2D eigenvalue weighted by Crippen LogP contribution is -2.42. The predicted molar refractivity (Wildman–Crippen MR) is 94.2 cm³/mol. The number of nitrogens with zero attached hydrogens (tertiary/aromatic N) is 1. The van der Waals surface area contributed by atoms with Crippen LogP contribution in [-0.2, 0) is 26.9 Å². The van der Waals surface area contributed by atoms with Crippen LogP contribution < -0.4 is 0 Å². The van der Waals surface area contributed by atoms with Crippen molar-refractivity contribution in [3.05, 3.63) is 59.4 Å². The fourth-order valence-electron chi connectivity index (χ4n) is 3.32. The van der Waals surface area contributed by atoms with Gasteiger partial charge in [0.2, 0.25) is 0 Å². The van der Waals surface area contributed by atoms with E-state index in [0.717, 1.165) is 36.5 Å². The van der Waals surface area contributed by atoms with Gasteiger partial charge in [0.1, 0.15) is 5.69 Å². The summed E-state index contributed by atoms with van der Waals surface area (Å²) >= 11 is 0. The molecule has 1 aliphatic rings. The summed E-state index contributed by atoms with van der Waals surface area (Å²) in [5.74, 6) is 0. The van der Waals surface area contributed by atoms with E-state index in [1.807, 2.05) is 0 Å². The number of benzene rings is 1. The zero-order valence-corrected chi connectivity index (χ0v) is 16.4. The SMILES string of the molecule is CC1(S(=O)(=O)c2cccc(C(F)(F)F)c2)CCOC(c2ccc(C(F)(F)F)nc2)C1. The molecule has 1 fully saturated rings. The van der Waals surface area contributed by atoms with Crippen molar-refractivity contribution in [3.63, 3.8) is 0 Å². The lowest BCUT2D eigenvalue weighted by Gasteiger charge is -2.37. The van der Waals surface area contributed by atoms with Crippen molar-refractivity contribution in [2.75, 3.05) is 6.61 Å². The van der Waals surface area contributed by atoms with Crippen LogP contribution in [-0.4, -0.2) is 24.8 Å². The van der Waals surface area contributed by atoms with Gasteiger partial charge in [-0.1, -0.05) is 12.1 Å². The fraction of sp³-hybridized carbons (Fsp3) is 0.421. The van der Waals surface area contributed by atoms with Gasteiger partial charge in [0.15, 0.2) is 9.84 Å². The first-order valence-electron chi connectivity index (χ1n) is 8.81. The third-order valence-electron chi connectivity index (χ3n) is 5.14. The summed E-state index contributed by atoms with van der Waals surface area (Å²) in [6.07, 6.45) is -9.33. The second-order valence-corrected chi connectivity index (χ2v) is 9.73. The van der Waals surface area contributed by atoms with Gasteiger partial charge in [0.05, 0.1) is 21.3 Å². The number of halogens is 6. The van der Waals surface area contributed by atoms with Crippen LogP contribution >= 0.6 is 0 Å². The zero-order valence-electron chi connectivity index (χ0n) is 15.6. The molecule has 164 valence electrons. The van der Waals surface area contributed by atoms with Crippen LogP contribution in [0.2, 0.25) is 0 Å². The molecule has 0 saturated carbocycles. The van der Waals surface area contributed by atoms with Crippen molar-refractivity contribution < 1.29 is 39.5 Å². The highest BCUT2D eigenvalue weighted by molar-refractivity contribution is 7.92. The highest BCUT2D eigenvalue weighted by Crippen LogP contribution is 2.43. The molecule has 30 heavy (non-hydrogen) atoms. The predicted octanol–water partition coefficient (Wildman–Crippen LogP) is 5.20. The van der Waals surface area contributed by atoms with Crippen LogP contribution in [0.25, 0.3) is 0 Å². The molecular formula is C19H17F6NO3S. The van der Waals surface area contributed by atoms with Crippen molar-refractivity contribution in [2.24, 2.45) is 0 Å². The van der Waals surface area contributed by atoms with Crippen LogP contribution in [0, 0.1) is 0 Å². The Morgan fingerprint density at radius 2 is 1.77 bits per heavy atom. The monoisotopic (exact) mass is 453 g/mol. The molecule has 1 aliphatic heterocycles. The minimum Gasteiger partial charge on any atom is -0.373 e. The molecule has 0 bridgehead atoms. The minimum atomic E-state index is -4.70. The van der Waals surface area contributed by atoms with E-state index >= 15 is 0 Å². The molecule has 4 nitrogen and oxygen atoms in total. The van der Waals surface area contributed by atoms with Gasteiger partial charge in [0.25, 0.3) is 0 Å². The molecule has 2 aromatic rings. The van der Waals surface area contributed by atoms with Crippen LogP contribution in [0.15, 0.2) is 47.5 Å². The van der Waals surface area contributed by atoms with E-state index in [1.54, 1.807) is 0 Å². The lowest BCUT2D eigenvalue weighted by atomic mass is 9.93. The van der Waals surface area contributed by atoms with E-state index in [1.165, 1.54) is 6.92 Å². The van der Waals surface area contributed by atoms with Crippen LogP contribution in [0.4, 0.5) is 26.3 Å². The molecule has 0 N–H and O–H groups in total. The first-order chi connectivity index (χ1) is 13.7. The second kappa shape index (κ2) is 7.52. The molecule has 11 heteroatoms. The zero-order chi connectivity index (χ0) is 22.4. The molecule has 1 aromatic heterocycles. The number of aromatic nitrogens is 1. The van der Waals surface area contributed by atoms with Gasteiger partial charge in [-0.15, -0.1) is 0 Å². The Labute approximate surface area is 168 Å². The van der Waals surface area contributed by atoms with E-state index in [-0.39, 0.29) is 25.0 Å². The van der Waals surface area contributed by atoms with E-state index in [2.05, 4.69) is 4.98 Å². The first kappa shape index (κ1) is 22.5. The number of sulfone groups is 1. The third kappa shape index (κ3) is 4.31. The largest absolute Gasteiger partial charge is 0.433 e. The van der Waals surface area contributed by atoms with Gasteiger partial charge < -0.3 is 4.74 Å². The number of pyridine rings is 1. The van der Waals surface area contributed by atoms with Gasteiger partial charge in [-0.2, -0.15) is 26.3 Å². The summed E-state index contributed by atoms with van der Waals surface area (Å²) in [6.45, 7) is 1.37. The van der Waals surface area contributed by atoms with Gasteiger partial charge in [-0.25, -0.2) is 8.42 Å². The Hall–Kier alpha value is -2.14. The highest BCUT2D eigenvalue weighted by atomic mass is 32.2. The van der Waals surface area contributed by atoms with E-state index in [9.17, 15) is 34.8 Å². The molecule has 2 heterocycles. The summed E-state index contributed by atoms with van der Waals surface area (Å²) in [5, 5.41) is 0. The third-order valence-corrected chi connectivity index (χ3v) is 7.68. The van der Waals surface area contributed by atoms with Crippen molar-refractivity contribution in [1.82, 2.24) is 4.98 Å². The van der Waals surface area contributed by atoms with Crippen LogP contribution in [0.5, 0.6) is 0 Å². The average Bonchev–Trinajstić information content (AvgIpc) is 2.67. The molecule has 0 aliphatic carbocycles. The standard InChI is InChI=1S/C19H17F6NO3S/c1-17(30(27,28)14-4-2-3-13(9-14)18(20,21)22)7-8-29-15(10-17)12-5-6-16(26-11-12)19(23,24)25/h2-6,9,11,15H,7-8,10H2,1H3. The number of ether oxygens (including phenoxy) is 1. The normalized spacial score (nSPS) is 23.4. The summed E-state index contributed by atoms with van der Waals surface area (Å²) in [4.78, 5) is 2.89. The quantitative estimate of drug-likeness (QED) is 0.600. The molecule has 2 unspecified atom stereocenters. The Morgan fingerprint density at radius 3 is 2.33 bits per heavy atom. The molecule has 1 aromatic carbocycles.